The molecule has 0 spiro atoms. The van der Waals surface area contributed by atoms with Crippen molar-refractivity contribution in [3.63, 3.8) is 0 Å². The number of aliphatic hydroxyl groups excluding tert-OH is 1. The van der Waals surface area contributed by atoms with Gasteiger partial charge in [-0.3, -0.25) is 0 Å². The van der Waals surface area contributed by atoms with Crippen molar-refractivity contribution < 1.29 is 5.11 Å². The summed E-state index contributed by atoms with van der Waals surface area (Å²) in [7, 11) is 0. The number of aliphatic hydroxyl groups is 1. The molecule has 2 rings (SSSR count). The van der Waals surface area contributed by atoms with Crippen molar-refractivity contribution in [1.82, 2.24) is 5.32 Å². The highest BCUT2D eigenvalue weighted by Gasteiger charge is 2.39. The van der Waals surface area contributed by atoms with Crippen molar-refractivity contribution in [2.24, 2.45) is 5.92 Å². The van der Waals surface area contributed by atoms with E-state index in [1.165, 1.54) is 0 Å². The number of anilines is 1. The molecule has 1 aromatic rings. The molecule has 1 fully saturated rings. The maximum atomic E-state index is 9.86. The molecular formula is C14H21ClN2O. The van der Waals surface area contributed by atoms with E-state index in [0.717, 1.165) is 31.6 Å². The van der Waals surface area contributed by atoms with E-state index in [0.29, 0.717) is 10.9 Å². The Kier molecular flexibility index (Phi) is 4.49. The molecule has 3 nitrogen and oxygen atoms in total. The van der Waals surface area contributed by atoms with Crippen LogP contribution in [0.4, 0.5) is 5.69 Å². The molecule has 0 radical (unpaired) electrons. The lowest BCUT2D eigenvalue weighted by Crippen LogP contribution is -2.57. The Hall–Kier alpha value is -0.770. The highest BCUT2D eigenvalue weighted by Crippen LogP contribution is 2.33. The van der Waals surface area contributed by atoms with Gasteiger partial charge in [0.05, 0.1) is 22.9 Å². The zero-order chi connectivity index (χ0) is 13.0. The van der Waals surface area contributed by atoms with E-state index in [4.69, 9.17) is 11.6 Å². The molecule has 0 amide bonds. The smallest absolute Gasteiger partial charge is 0.0665 e. The second-order valence-electron chi connectivity index (χ2n) is 4.98. The Morgan fingerprint density at radius 2 is 2.28 bits per heavy atom. The molecule has 0 aromatic heterocycles. The van der Waals surface area contributed by atoms with Crippen LogP contribution in [-0.4, -0.2) is 30.3 Å². The average molecular weight is 269 g/mol. The molecule has 1 aromatic carbocycles. The number of hydrogen-bond acceptors (Lipinski definition) is 3. The van der Waals surface area contributed by atoms with Crippen molar-refractivity contribution in [3.05, 3.63) is 29.3 Å². The summed E-state index contributed by atoms with van der Waals surface area (Å²) in [5.41, 5.74) is 0.652. The summed E-state index contributed by atoms with van der Waals surface area (Å²) in [5.74, 6) is 0.410. The van der Waals surface area contributed by atoms with Crippen molar-refractivity contribution in [3.8, 4) is 0 Å². The lowest BCUT2D eigenvalue weighted by molar-refractivity contribution is 0.124. The summed E-state index contributed by atoms with van der Waals surface area (Å²) in [6, 6.07) is 7.71. The second kappa shape index (κ2) is 5.91. The Bertz CT molecular complexity index is 399. The predicted molar refractivity (Wildman–Crippen MR) is 76.2 cm³/mol. The van der Waals surface area contributed by atoms with Gasteiger partial charge >= 0.3 is 0 Å². The second-order valence-corrected chi connectivity index (χ2v) is 5.39. The summed E-state index contributed by atoms with van der Waals surface area (Å²) in [4.78, 5) is 0. The molecule has 4 heteroatoms. The highest BCUT2D eigenvalue weighted by molar-refractivity contribution is 6.33. The molecule has 0 aliphatic carbocycles. The number of para-hydroxylation sites is 1. The van der Waals surface area contributed by atoms with E-state index < -0.39 is 0 Å². The molecule has 18 heavy (non-hydrogen) atoms. The highest BCUT2D eigenvalue weighted by atomic mass is 35.5. The zero-order valence-electron chi connectivity index (χ0n) is 10.7. The van der Waals surface area contributed by atoms with Crippen LogP contribution in [0.3, 0.4) is 0 Å². The van der Waals surface area contributed by atoms with Gasteiger partial charge in [-0.2, -0.15) is 0 Å². The van der Waals surface area contributed by atoms with Crippen LogP contribution in [0.2, 0.25) is 5.02 Å². The Labute approximate surface area is 114 Å². The fourth-order valence-electron chi connectivity index (χ4n) is 2.77. The quantitative estimate of drug-likeness (QED) is 0.786. The van der Waals surface area contributed by atoms with Crippen molar-refractivity contribution >= 4 is 17.3 Å². The average Bonchev–Trinajstić information content (AvgIpc) is 2.42. The molecule has 2 atom stereocenters. The summed E-state index contributed by atoms with van der Waals surface area (Å²) in [5, 5.41) is 17.5. The first-order valence-electron chi connectivity index (χ1n) is 6.56. The number of benzene rings is 1. The molecule has 2 unspecified atom stereocenters. The summed E-state index contributed by atoms with van der Waals surface area (Å²) >= 11 is 6.19. The van der Waals surface area contributed by atoms with Crippen molar-refractivity contribution in [1.29, 1.82) is 0 Å². The summed E-state index contributed by atoms with van der Waals surface area (Å²) in [6.45, 7) is 4.16. The van der Waals surface area contributed by atoms with Crippen molar-refractivity contribution in [2.45, 2.75) is 25.3 Å². The zero-order valence-corrected chi connectivity index (χ0v) is 11.5. The minimum absolute atomic E-state index is 0.137. The molecule has 0 bridgehead atoms. The minimum atomic E-state index is -0.259. The van der Waals surface area contributed by atoms with Gasteiger partial charge in [-0.15, -0.1) is 0 Å². The number of nitrogens with one attached hydrogen (secondary N) is 2. The van der Waals surface area contributed by atoms with Gasteiger partial charge in [0.1, 0.15) is 0 Å². The molecular weight excluding hydrogens is 248 g/mol. The van der Waals surface area contributed by atoms with Crippen LogP contribution in [0.15, 0.2) is 24.3 Å². The van der Waals surface area contributed by atoms with E-state index in [1.807, 2.05) is 24.3 Å². The third kappa shape index (κ3) is 2.63. The minimum Gasteiger partial charge on any atom is -0.394 e. The van der Waals surface area contributed by atoms with Gasteiger partial charge in [0.15, 0.2) is 0 Å². The third-order valence-corrected chi connectivity index (χ3v) is 4.28. The van der Waals surface area contributed by atoms with Crippen molar-refractivity contribution in [2.75, 3.05) is 25.0 Å². The van der Waals surface area contributed by atoms with Gasteiger partial charge in [0.25, 0.3) is 0 Å². The van der Waals surface area contributed by atoms with Gasteiger partial charge in [0, 0.05) is 6.54 Å². The fraction of sp³-hybridized carbons (Fsp3) is 0.571. The van der Waals surface area contributed by atoms with Crippen LogP contribution in [0, 0.1) is 5.92 Å². The summed E-state index contributed by atoms with van der Waals surface area (Å²) < 4.78 is 0. The topological polar surface area (TPSA) is 44.3 Å². The molecule has 1 aliphatic heterocycles. The maximum Gasteiger partial charge on any atom is 0.0665 e. The standard InChI is InChI=1S/C14H21ClN2O/c1-2-11-9-16-8-7-14(11,10-18)17-13-6-4-3-5-12(13)15/h3-6,11,16-18H,2,7-10H2,1H3. The lowest BCUT2D eigenvalue weighted by Gasteiger charge is -2.44. The van der Waals surface area contributed by atoms with E-state index in [2.05, 4.69) is 17.6 Å². The van der Waals surface area contributed by atoms with Crippen LogP contribution >= 0.6 is 11.6 Å². The molecule has 1 heterocycles. The van der Waals surface area contributed by atoms with Crippen LogP contribution in [-0.2, 0) is 0 Å². The van der Waals surface area contributed by atoms with E-state index in [9.17, 15) is 5.11 Å². The first kappa shape index (κ1) is 13.7. The van der Waals surface area contributed by atoms with Crippen LogP contribution < -0.4 is 10.6 Å². The monoisotopic (exact) mass is 268 g/mol. The normalized spacial score (nSPS) is 28.1. The number of hydrogen-bond donors (Lipinski definition) is 3. The maximum absolute atomic E-state index is 9.86. The lowest BCUT2D eigenvalue weighted by atomic mass is 9.77. The first-order chi connectivity index (χ1) is 8.72. The Morgan fingerprint density at radius 1 is 1.50 bits per heavy atom. The van der Waals surface area contributed by atoms with Gasteiger partial charge in [-0.05, 0) is 37.4 Å². The molecule has 100 valence electrons. The van der Waals surface area contributed by atoms with Gasteiger partial charge in [-0.1, -0.05) is 30.7 Å². The van der Waals surface area contributed by atoms with E-state index in [-0.39, 0.29) is 12.1 Å². The van der Waals surface area contributed by atoms with Gasteiger partial charge in [-0.25, -0.2) is 0 Å². The third-order valence-electron chi connectivity index (χ3n) is 3.95. The van der Waals surface area contributed by atoms with Crippen LogP contribution in [0.25, 0.3) is 0 Å². The van der Waals surface area contributed by atoms with Gasteiger partial charge < -0.3 is 15.7 Å². The SMILES string of the molecule is CCC1CNCCC1(CO)Nc1ccccc1Cl. The largest absolute Gasteiger partial charge is 0.394 e. The van der Waals surface area contributed by atoms with E-state index in [1.54, 1.807) is 0 Å². The van der Waals surface area contributed by atoms with Crippen LogP contribution in [0.1, 0.15) is 19.8 Å². The predicted octanol–water partition coefficient (Wildman–Crippen LogP) is 2.50. The van der Waals surface area contributed by atoms with E-state index >= 15 is 0 Å². The Morgan fingerprint density at radius 3 is 2.94 bits per heavy atom. The first-order valence-corrected chi connectivity index (χ1v) is 6.94. The summed E-state index contributed by atoms with van der Waals surface area (Å²) in [6.07, 6.45) is 1.94. The Balaban J connectivity index is 2.24. The fourth-order valence-corrected chi connectivity index (χ4v) is 2.95. The molecule has 1 saturated heterocycles. The molecule has 1 aliphatic rings. The molecule has 3 N–H and O–H groups in total. The van der Waals surface area contributed by atoms with Gasteiger partial charge in [0.2, 0.25) is 0 Å². The van der Waals surface area contributed by atoms with Crippen LogP contribution in [0.5, 0.6) is 0 Å². The number of rotatable bonds is 4. The number of halogens is 1. The number of piperidine rings is 1. The molecule has 0 saturated carbocycles.